The molecule has 1 heterocycles. The van der Waals surface area contributed by atoms with Crippen molar-refractivity contribution in [1.82, 2.24) is 4.57 Å². The lowest BCUT2D eigenvalue weighted by Crippen LogP contribution is -2.23. The van der Waals surface area contributed by atoms with E-state index in [4.69, 9.17) is 11.0 Å². The van der Waals surface area contributed by atoms with Gasteiger partial charge in [-0.3, -0.25) is 9.36 Å². The second-order valence-electron chi connectivity index (χ2n) is 4.20. The van der Waals surface area contributed by atoms with Crippen molar-refractivity contribution in [3.8, 4) is 17.2 Å². The van der Waals surface area contributed by atoms with Crippen molar-refractivity contribution < 1.29 is 0 Å². The highest BCUT2D eigenvalue weighted by molar-refractivity contribution is 5.72. The Morgan fingerprint density at radius 1 is 1.28 bits per heavy atom. The van der Waals surface area contributed by atoms with E-state index in [1.807, 2.05) is 37.3 Å². The summed E-state index contributed by atoms with van der Waals surface area (Å²) in [4.78, 5) is 11.9. The molecule has 2 rings (SSSR count). The Morgan fingerprint density at radius 2 is 1.89 bits per heavy atom. The van der Waals surface area contributed by atoms with Crippen molar-refractivity contribution in [1.29, 1.82) is 5.26 Å². The Kier molecular flexibility index (Phi) is 2.90. The van der Waals surface area contributed by atoms with E-state index >= 15 is 0 Å². The van der Waals surface area contributed by atoms with Crippen molar-refractivity contribution in [2.45, 2.75) is 6.92 Å². The third-order valence-electron chi connectivity index (χ3n) is 2.94. The summed E-state index contributed by atoms with van der Waals surface area (Å²) in [6.45, 7) is 1.98. The highest BCUT2D eigenvalue weighted by atomic mass is 16.1. The van der Waals surface area contributed by atoms with Gasteiger partial charge in [0.25, 0.3) is 5.56 Å². The van der Waals surface area contributed by atoms with Gasteiger partial charge in [0.15, 0.2) is 0 Å². The number of nitrogen functional groups attached to an aromatic ring is 1. The SMILES string of the molecule is Cc1ccc(-c2cc(N)n(C)c(=O)c2C#N)cc1. The molecular weight excluding hydrogens is 226 g/mol. The zero-order valence-electron chi connectivity index (χ0n) is 10.3. The van der Waals surface area contributed by atoms with Crippen LogP contribution in [-0.4, -0.2) is 4.57 Å². The van der Waals surface area contributed by atoms with Crippen LogP contribution in [0.1, 0.15) is 11.1 Å². The van der Waals surface area contributed by atoms with Crippen molar-refractivity contribution in [3.63, 3.8) is 0 Å². The summed E-state index contributed by atoms with van der Waals surface area (Å²) in [6, 6.07) is 11.2. The first-order valence-electron chi connectivity index (χ1n) is 5.51. The molecule has 0 fully saturated rings. The fraction of sp³-hybridized carbons (Fsp3) is 0.143. The van der Waals surface area contributed by atoms with Gasteiger partial charge in [-0.2, -0.15) is 5.26 Å². The fourth-order valence-corrected chi connectivity index (χ4v) is 1.79. The lowest BCUT2D eigenvalue weighted by Gasteiger charge is -2.09. The Balaban J connectivity index is 2.76. The minimum atomic E-state index is -0.368. The zero-order chi connectivity index (χ0) is 13.3. The molecule has 1 aromatic heterocycles. The number of anilines is 1. The summed E-state index contributed by atoms with van der Waals surface area (Å²) in [5.74, 6) is 0.342. The molecule has 2 N–H and O–H groups in total. The number of hydrogen-bond acceptors (Lipinski definition) is 3. The molecule has 0 atom stereocenters. The third kappa shape index (κ3) is 1.87. The maximum atomic E-state index is 11.9. The van der Waals surface area contributed by atoms with Gasteiger partial charge in [0.2, 0.25) is 0 Å². The number of benzene rings is 1. The summed E-state index contributed by atoms with van der Waals surface area (Å²) in [5.41, 5.74) is 8.04. The minimum absolute atomic E-state index is 0.121. The lowest BCUT2D eigenvalue weighted by atomic mass is 10.0. The van der Waals surface area contributed by atoms with Crippen LogP contribution >= 0.6 is 0 Å². The first-order valence-corrected chi connectivity index (χ1v) is 5.51. The Labute approximate surface area is 105 Å². The third-order valence-corrected chi connectivity index (χ3v) is 2.94. The molecule has 0 saturated heterocycles. The number of nitrogens with two attached hydrogens (primary N) is 1. The van der Waals surface area contributed by atoms with Gasteiger partial charge in [-0.15, -0.1) is 0 Å². The number of hydrogen-bond donors (Lipinski definition) is 1. The standard InChI is InChI=1S/C14H13N3O/c1-9-3-5-10(6-4-9)11-7-13(16)17(2)14(18)12(11)8-15/h3-7H,16H2,1-2H3. The van der Waals surface area contributed by atoms with Gasteiger partial charge in [0, 0.05) is 12.6 Å². The number of aromatic nitrogens is 1. The van der Waals surface area contributed by atoms with Crippen LogP contribution in [0.5, 0.6) is 0 Å². The highest BCUT2D eigenvalue weighted by Gasteiger charge is 2.12. The topological polar surface area (TPSA) is 71.8 Å². The van der Waals surface area contributed by atoms with Gasteiger partial charge >= 0.3 is 0 Å². The summed E-state index contributed by atoms with van der Waals surface area (Å²) >= 11 is 0. The molecule has 0 aliphatic heterocycles. The Morgan fingerprint density at radius 3 is 2.44 bits per heavy atom. The van der Waals surface area contributed by atoms with Crippen LogP contribution in [-0.2, 0) is 7.05 Å². The number of nitrogens with zero attached hydrogens (tertiary/aromatic N) is 2. The Hall–Kier alpha value is -2.54. The molecule has 1 aromatic carbocycles. The summed E-state index contributed by atoms with van der Waals surface area (Å²) in [7, 11) is 1.55. The van der Waals surface area contributed by atoms with Gasteiger partial charge in [-0.1, -0.05) is 29.8 Å². The van der Waals surface area contributed by atoms with E-state index in [1.165, 1.54) is 4.57 Å². The second-order valence-corrected chi connectivity index (χ2v) is 4.20. The molecule has 90 valence electrons. The van der Waals surface area contributed by atoms with Crippen LogP contribution in [0.3, 0.4) is 0 Å². The van der Waals surface area contributed by atoms with Crippen LogP contribution in [0.4, 0.5) is 5.82 Å². The van der Waals surface area contributed by atoms with E-state index in [0.717, 1.165) is 11.1 Å². The quantitative estimate of drug-likeness (QED) is 0.825. The molecule has 4 nitrogen and oxygen atoms in total. The predicted octanol–water partition coefficient (Wildman–Crippen LogP) is 1.81. The molecular formula is C14H13N3O. The van der Waals surface area contributed by atoms with Gasteiger partial charge < -0.3 is 5.73 Å². The molecule has 0 radical (unpaired) electrons. The highest BCUT2D eigenvalue weighted by Crippen LogP contribution is 2.23. The molecule has 0 amide bonds. The normalized spacial score (nSPS) is 10.1. The smallest absolute Gasteiger partial charge is 0.270 e. The van der Waals surface area contributed by atoms with E-state index in [9.17, 15) is 4.79 Å². The van der Waals surface area contributed by atoms with Crippen LogP contribution in [0.2, 0.25) is 0 Å². The van der Waals surface area contributed by atoms with Gasteiger partial charge in [0.1, 0.15) is 17.5 Å². The number of rotatable bonds is 1. The van der Waals surface area contributed by atoms with Crippen molar-refractivity contribution in [3.05, 3.63) is 51.8 Å². The van der Waals surface area contributed by atoms with E-state index < -0.39 is 0 Å². The number of pyridine rings is 1. The van der Waals surface area contributed by atoms with Gasteiger partial charge in [-0.05, 0) is 18.6 Å². The summed E-state index contributed by atoms with van der Waals surface area (Å²) in [6.07, 6.45) is 0. The van der Waals surface area contributed by atoms with E-state index in [-0.39, 0.29) is 11.1 Å². The lowest BCUT2D eigenvalue weighted by molar-refractivity contribution is 0.871. The van der Waals surface area contributed by atoms with Crippen molar-refractivity contribution in [2.24, 2.45) is 7.05 Å². The molecule has 0 bridgehead atoms. The van der Waals surface area contributed by atoms with E-state index in [1.54, 1.807) is 13.1 Å². The fourth-order valence-electron chi connectivity index (χ4n) is 1.79. The molecule has 0 aliphatic carbocycles. The van der Waals surface area contributed by atoms with E-state index in [0.29, 0.717) is 11.4 Å². The molecule has 2 aromatic rings. The summed E-state index contributed by atoms with van der Waals surface area (Å²) in [5, 5.41) is 9.13. The first-order chi connectivity index (χ1) is 8.54. The molecule has 18 heavy (non-hydrogen) atoms. The van der Waals surface area contributed by atoms with Crippen LogP contribution in [0, 0.1) is 18.3 Å². The van der Waals surface area contributed by atoms with E-state index in [2.05, 4.69) is 0 Å². The van der Waals surface area contributed by atoms with Crippen LogP contribution in [0.15, 0.2) is 35.1 Å². The average Bonchev–Trinajstić information content (AvgIpc) is 2.37. The molecule has 4 heteroatoms. The maximum absolute atomic E-state index is 11.9. The van der Waals surface area contributed by atoms with Crippen molar-refractivity contribution in [2.75, 3.05) is 5.73 Å². The van der Waals surface area contributed by atoms with Crippen LogP contribution in [0.25, 0.3) is 11.1 Å². The monoisotopic (exact) mass is 239 g/mol. The van der Waals surface area contributed by atoms with Crippen molar-refractivity contribution >= 4 is 5.82 Å². The molecule has 0 spiro atoms. The van der Waals surface area contributed by atoms with Gasteiger partial charge in [-0.25, -0.2) is 0 Å². The second kappa shape index (κ2) is 4.38. The first kappa shape index (κ1) is 11.9. The molecule has 0 unspecified atom stereocenters. The predicted molar refractivity (Wildman–Crippen MR) is 71.0 cm³/mol. The minimum Gasteiger partial charge on any atom is -0.385 e. The largest absolute Gasteiger partial charge is 0.385 e. The number of aryl methyl sites for hydroxylation is 1. The molecule has 0 aliphatic rings. The van der Waals surface area contributed by atoms with Crippen LogP contribution < -0.4 is 11.3 Å². The Bertz CT molecular complexity index is 691. The average molecular weight is 239 g/mol. The molecule has 0 saturated carbocycles. The number of nitriles is 1. The van der Waals surface area contributed by atoms with Gasteiger partial charge in [0.05, 0.1) is 0 Å². The zero-order valence-corrected chi connectivity index (χ0v) is 10.3. The maximum Gasteiger partial charge on any atom is 0.270 e. The summed E-state index contributed by atoms with van der Waals surface area (Å²) < 4.78 is 1.27.